The Hall–Kier alpha value is -0.610. The van der Waals surface area contributed by atoms with Crippen LogP contribution in [0.2, 0.25) is 0 Å². The Morgan fingerprint density at radius 2 is 1.92 bits per heavy atom. The zero-order valence-electron chi connectivity index (χ0n) is 7.54. The van der Waals surface area contributed by atoms with E-state index >= 15 is 0 Å². The Balaban J connectivity index is 2.86. The number of primary amides is 1. The van der Waals surface area contributed by atoms with Crippen molar-refractivity contribution in [1.29, 1.82) is 0 Å². The van der Waals surface area contributed by atoms with Gasteiger partial charge in [0, 0.05) is 26.7 Å². The number of amides is 1. The fourth-order valence-electron chi connectivity index (χ4n) is 0.725. The molecule has 0 radical (unpaired) electrons. The van der Waals surface area contributed by atoms with Crippen LogP contribution in [0.15, 0.2) is 0 Å². The third kappa shape index (κ3) is 9.39. The van der Waals surface area contributed by atoms with Crippen molar-refractivity contribution in [2.45, 2.75) is 19.3 Å². The van der Waals surface area contributed by atoms with Gasteiger partial charge in [-0.2, -0.15) is 0 Å². The van der Waals surface area contributed by atoms with Crippen LogP contribution in [0, 0.1) is 0 Å². The summed E-state index contributed by atoms with van der Waals surface area (Å²) in [5, 5.41) is 0. The van der Waals surface area contributed by atoms with Crippen LogP contribution in [0.3, 0.4) is 0 Å². The highest BCUT2D eigenvalue weighted by Gasteiger charge is 1.93. The first-order chi connectivity index (χ1) is 5.77. The molecule has 0 fully saturated rings. The molecule has 4 heteroatoms. The highest BCUT2D eigenvalue weighted by molar-refractivity contribution is 5.73. The van der Waals surface area contributed by atoms with Gasteiger partial charge in [0.05, 0.1) is 6.61 Å². The summed E-state index contributed by atoms with van der Waals surface area (Å²) < 4.78 is 9.99. The lowest BCUT2D eigenvalue weighted by Crippen LogP contribution is -2.13. The zero-order chi connectivity index (χ0) is 9.23. The lowest BCUT2D eigenvalue weighted by Gasteiger charge is -2.01. The minimum absolute atomic E-state index is 0.310. The number of carbonyl (C=O) groups is 1. The largest absolute Gasteiger partial charge is 0.385 e. The Morgan fingerprint density at radius 1 is 1.25 bits per heavy atom. The van der Waals surface area contributed by atoms with Gasteiger partial charge < -0.3 is 15.2 Å². The van der Waals surface area contributed by atoms with Crippen LogP contribution < -0.4 is 5.73 Å². The highest BCUT2D eigenvalue weighted by atomic mass is 16.5. The molecule has 0 aromatic carbocycles. The molecule has 0 spiro atoms. The molecule has 0 heterocycles. The van der Waals surface area contributed by atoms with Gasteiger partial charge in [-0.1, -0.05) is 0 Å². The van der Waals surface area contributed by atoms with Gasteiger partial charge in [-0.3, -0.25) is 4.79 Å². The second-order valence-electron chi connectivity index (χ2n) is 2.53. The van der Waals surface area contributed by atoms with E-state index in [1.807, 2.05) is 0 Å². The zero-order valence-corrected chi connectivity index (χ0v) is 7.54. The van der Waals surface area contributed by atoms with E-state index in [0.29, 0.717) is 19.6 Å². The van der Waals surface area contributed by atoms with E-state index in [1.54, 1.807) is 7.11 Å². The molecule has 0 saturated heterocycles. The molecular formula is C8H17NO3. The van der Waals surface area contributed by atoms with Gasteiger partial charge in [0.1, 0.15) is 0 Å². The van der Waals surface area contributed by atoms with Gasteiger partial charge in [-0.05, 0) is 12.8 Å². The molecule has 0 aliphatic carbocycles. The number of hydrogen-bond donors (Lipinski definition) is 1. The molecule has 0 rings (SSSR count). The average Bonchev–Trinajstić information content (AvgIpc) is 2.02. The molecular weight excluding hydrogens is 158 g/mol. The molecule has 0 aromatic heterocycles. The minimum atomic E-state index is -0.313. The summed E-state index contributed by atoms with van der Waals surface area (Å²) >= 11 is 0. The topological polar surface area (TPSA) is 61.6 Å². The van der Waals surface area contributed by atoms with Gasteiger partial charge in [0.25, 0.3) is 0 Å². The maximum Gasteiger partial charge on any atom is 0.219 e. The van der Waals surface area contributed by atoms with Crippen LogP contribution in [0.1, 0.15) is 19.3 Å². The van der Waals surface area contributed by atoms with Crippen molar-refractivity contribution in [2.75, 3.05) is 26.9 Å². The van der Waals surface area contributed by atoms with E-state index in [0.717, 1.165) is 19.4 Å². The van der Waals surface area contributed by atoms with Gasteiger partial charge >= 0.3 is 0 Å². The second-order valence-corrected chi connectivity index (χ2v) is 2.53. The maximum absolute atomic E-state index is 10.3. The molecule has 72 valence electrons. The molecule has 0 atom stereocenters. The van der Waals surface area contributed by atoms with Gasteiger partial charge in [0.15, 0.2) is 0 Å². The fourth-order valence-corrected chi connectivity index (χ4v) is 0.725. The fraction of sp³-hybridized carbons (Fsp3) is 0.875. The number of ether oxygens (including phenoxy) is 2. The van der Waals surface area contributed by atoms with E-state index in [2.05, 4.69) is 0 Å². The van der Waals surface area contributed by atoms with Crippen molar-refractivity contribution in [3.8, 4) is 0 Å². The summed E-state index contributed by atoms with van der Waals surface area (Å²) in [6, 6.07) is 0. The van der Waals surface area contributed by atoms with Crippen molar-refractivity contribution in [2.24, 2.45) is 5.73 Å². The quantitative estimate of drug-likeness (QED) is 0.540. The predicted octanol–water partition coefficient (Wildman–Crippen LogP) is 0.305. The number of rotatable bonds is 8. The van der Waals surface area contributed by atoms with Crippen LogP contribution >= 0.6 is 0 Å². The monoisotopic (exact) mass is 175 g/mol. The number of hydrogen-bond acceptors (Lipinski definition) is 3. The first kappa shape index (κ1) is 11.4. The summed E-state index contributed by atoms with van der Waals surface area (Å²) in [7, 11) is 1.67. The van der Waals surface area contributed by atoms with Crippen molar-refractivity contribution in [3.63, 3.8) is 0 Å². The Labute approximate surface area is 73.0 Å². The molecule has 0 aliphatic heterocycles. The maximum atomic E-state index is 10.3. The van der Waals surface area contributed by atoms with Crippen LogP contribution in [0.25, 0.3) is 0 Å². The second kappa shape index (κ2) is 8.49. The molecule has 4 nitrogen and oxygen atoms in total. The first-order valence-corrected chi connectivity index (χ1v) is 4.12. The molecule has 0 bridgehead atoms. The van der Waals surface area contributed by atoms with Crippen LogP contribution in [-0.4, -0.2) is 32.8 Å². The van der Waals surface area contributed by atoms with E-state index in [1.165, 1.54) is 0 Å². The highest BCUT2D eigenvalue weighted by Crippen LogP contribution is 1.91. The lowest BCUT2D eigenvalue weighted by atomic mass is 10.3. The van der Waals surface area contributed by atoms with Gasteiger partial charge in [0.2, 0.25) is 5.91 Å². The van der Waals surface area contributed by atoms with E-state index in [4.69, 9.17) is 15.2 Å². The third-order valence-corrected chi connectivity index (χ3v) is 1.38. The number of nitrogens with two attached hydrogens (primary N) is 1. The smallest absolute Gasteiger partial charge is 0.219 e. The third-order valence-electron chi connectivity index (χ3n) is 1.38. The van der Waals surface area contributed by atoms with E-state index < -0.39 is 0 Å². The summed E-state index contributed by atoms with van der Waals surface area (Å²) in [5.41, 5.74) is 4.92. The molecule has 2 N–H and O–H groups in total. The Kier molecular flexibility index (Phi) is 8.05. The van der Waals surface area contributed by atoms with Crippen molar-refractivity contribution >= 4 is 5.91 Å². The molecule has 12 heavy (non-hydrogen) atoms. The van der Waals surface area contributed by atoms with Crippen LogP contribution in [-0.2, 0) is 14.3 Å². The Morgan fingerprint density at radius 3 is 2.50 bits per heavy atom. The summed E-state index contributed by atoms with van der Waals surface area (Å²) in [5.74, 6) is -0.313. The number of methoxy groups -OCH3 is 1. The molecule has 0 saturated carbocycles. The van der Waals surface area contributed by atoms with E-state index in [9.17, 15) is 4.79 Å². The Bertz CT molecular complexity index is 117. The van der Waals surface area contributed by atoms with Gasteiger partial charge in [-0.25, -0.2) is 0 Å². The van der Waals surface area contributed by atoms with Crippen molar-refractivity contribution < 1.29 is 14.3 Å². The van der Waals surface area contributed by atoms with Crippen LogP contribution in [0.4, 0.5) is 0 Å². The predicted molar refractivity (Wildman–Crippen MR) is 45.7 cm³/mol. The SMILES string of the molecule is COCCCCOCCC(N)=O. The van der Waals surface area contributed by atoms with Gasteiger partial charge in [-0.15, -0.1) is 0 Å². The first-order valence-electron chi connectivity index (χ1n) is 4.12. The van der Waals surface area contributed by atoms with E-state index in [-0.39, 0.29) is 5.91 Å². The van der Waals surface area contributed by atoms with Crippen LogP contribution in [0.5, 0.6) is 0 Å². The molecule has 1 amide bonds. The normalized spacial score (nSPS) is 10.1. The molecule has 0 unspecified atom stereocenters. The number of unbranched alkanes of at least 4 members (excludes halogenated alkanes) is 1. The molecule has 0 aliphatic rings. The number of carbonyl (C=O) groups excluding carboxylic acids is 1. The molecule has 0 aromatic rings. The summed E-state index contributed by atoms with van der Waals surface area (Å²) in [6.07, 6.45) is 2.27. The standard InChI is InChI=1S/C8H17NO3/c1-11-5-2-3-6-12-7-4-8(9)10/h2-7H2,1H3,(H2,9,10). The van der Waals surface area contributed by atoms with Crippen molar-refractivity contribution in [1.82, 2.24) is 0 Å². The lowest BCUT2D eigenvalue weighted by molar-refractivity contribution is -0.119. The average molecular weight is 175 g/mol. The van der Waals surface area contributed by atoms with Crippen molar-refractivity contribution in [3.05, 3.63) is 0 Å². The summed E-state index contributed by atoms with van der Waals surface area (Å²) in [6.45, 7) is 1.87. The minimum Gasteiger partial charge on any atom is -0.385 e. The summed E-state index contributed by atoms with van der Waals surface area (Å²) in [4.78, 5) is 10.3.